The Hall–Kier alpha value is -1.88. The first kappa shape index (κ1) is 17.5. The van der Waals surface area contributed by atoms with Gasteiger partial charge in [-0.15, -0.1) is 0 Å². The van der Waals surface area contributed by atoms with Gasteiger partial charge in [0, 0.05) is 16.5 Å². The quantitative estimate of drug-likeness (QED) is 0.793. The van der Waals surface area contributed by atoms with Gasteiger partial charge < -0.3 is 14.6 Å². The number of halogens is 3. The van der Waals surface area contributed by atoms with Crippen LogP contribution < -0.4 is 16.1 Å². The van der Waals surface area contributed by atoms with Crippen molar-refractivity contribution < 1.29 is 14.6 Å². The van der Waals surface area contributed by atoms with Crippen molar-refractivity contribution in [3.63, 3.8) is 0 Å². The molecule has 0 aliphatic heterocycles. The van der Waals surface area contributed by atoms with E-state index < -0.39 is 9.42 Å². The molecule has 120 valence electrons. The predicted octanol–water partition coefficient (Wildman–Crippen LogP) is 3.23. The van der Waals surface area contributed by atoms with E-state index in [1.807, 2.05) is 0 Å². The largest absolute Gasteiger partial charge is 0.515 e. The van der Waals surface area contributed by atoms with Gasteiger partial charge in [0.2, 0.25) is 3.79 Å². The Morgan fingerprint density at radius 1 is 0.913 bits per heavy atom. The van der Waals surface area contributed by atoms with Crippen LogP contribution in [0, 0.1) is 0 Å². The molecule has 23 heavy (non-hydrogen) atoms. The molecular formula is C16H11Cl3O4. The lowest BCUT2D eigenvalue weighted by molar-refractivity contribution is 0.465. The molecule has 7 heteroatoms. The van der Waals surface area contributed by atoms with Gasteiger partial charge in [0.05, 0.1) is 12.5 Å². The van der Waals surface area contributed by atoms with Gasteiger partial charge in [0.15, 0.2) is 5.76 Å². The molecule has 0 bridgehead atoms. The molecule has 2 N–H and O–H groups in total. The minimum absolute atomic E-state index is 0.0794. The van der Waals surface area contributed by atoms with E-state index in [1.54, 1.807) is 30.4 Å². The number of hydrogen-bond acceptors (Lipinski definition) is 4. The van der Waals surface area contributed by atoms with Crippen molar-refractivity contribution in [2.45, 2.75) is 3.79 Å². The Morgan fingerprint density at radius 2 is 1.57 bits per heavy atom. The molecule has 0 amide bonds. The summed E-state index contributed by atoms with van der Waals surface area (Å²) in [5.74, 6) is -0.0794. The number of benzene rings is 1. The third-order valence-electron chi connectivity index (χ3n) is 2.93. The van der Waals surface area contributed by atoms with E-state index in [2.05, 4.69) is 0 Å². The summed E-state index contributed by atoms with van der Waals surface area (Å²) in [4.78, 5) is 11.5. The zero-order valence-electron chi connectivity index (χ0n) is 11.5. The second-order valence-electron chi connectivity index (χ2n) is 4.55. The molecule has 0 fully saturated rings. The van der Waals surface area contributed by atoms with Gasteiger partial charge in [-0.1, -0.05) is 59.1 Å². The highest BCUT2D eigenvalue weighted by Gasteiger charge is 2.26. The molecule has 0 spiro atoms. The third kappa shape index (κ3) is 4.55. The lowest BCUT2D eigenvalue weighted by Gasteiger charge is -2.09. The lowest BCUT2D eigenvalue weighted by Crippen LogP contribution is -2.24. The van der Waals surface area contributed by atoms with E-state index in [4.69, 9.17) is 49.4 Å². The van der Waals surface area contributed by atoms with Crippen molar-refractivity contribution in [3.8, 4) is 0 Å². The smallest absolute Gasteiger partial charge is 0.336 e. The zero-order chi connectivity index (χ0) is 17.0. The number of aliphatic hydroxyl groups is 2. The van der Waals surface area contributed by atoms with Crippen molar-refractivity contribution in [2.24, 2.45) is 0 Å². The van der Waals surface area contributed by atoms with Crippen LogP contribution in [0.3, 0.4) is 0 Å². The summed E-state index contributed by atoms with van der Waals surface area (Å²) in [6, 6.07) is 7.71. The molecule has 0 saturated carbocycles. The van der Waals surface area contributed by atoms with Gasteiger partial charge in [0.25, 0.3) is 0 Å². The summed E-state index contributed by atoms with van der Waals surface area (Å²) in [5, 5.41) is 19.1. The first-order valence-corrected chi connectivity index (χ1v) is 7.46. The first-order chi connectivity index (χ1) is 10.8. The molecule has 0 aliphatic rings. The lowest BCUT2D eigenvalue weighted by atomic mass is 10.1. The highest BCUT2D eigenvalue weighted by atomic mass is 35.6. The van der Waals surface area contributed by atoms with E-state index in [0.717, 1.165) is 18.1 Å². The maximum atomic E-state index is 11.5. The van der Waals surface area contributed by atoms with E-state index in [-0.39, 0.29) is 5.76 Å². The fourth-order valence-corrected chi connectivity index (χ4v) is 2.13. The van der Waals surface area contributed by atoms with E-state index in [0.29, 0.717) is 16.0 Å². The molecule has 1 heterocycles. The normalized spacial score (nSPS) is 13.9. The predicted molar refractivity (Wildman–Crippen MR) is 93.0 cm³/mol. The fourth-order valence-electron chi connectivity index (χ4n) is 1.85. The molecule has 4 nitrogen and oxygen atoms in total. The average Bonchev–Trinajstić information content (AvgIpc) is 2.51. The Balaban J connectivity index is 2.42. The number of alkyl halides is 3. The van der Waals surface area contributed by atoms with Gasteiger partial charge in [-0.25, -0.2) is 4.79 Å². The van der Waals surface area contributed by atoms with Crippen molar-refractivity contribution >= 4 is 59.5 Å². The number of aliphatic hydroxyl groups excluding tert-OH is 2. The highest BCUT2D eigenvalue weighted by molar-refractivity contribution is 6.66. The molecular weight excluding hydrogens is 363 g/mol. The van der Waals surface area contributed by atoms with Gasteiger partial charge in [-0.05, 0) is 23.3 Å². The topological polar surface area (TPSA) is 70.7 Å². The van der Waals surface area contributed by atoms with Crippen LogP contribution in [0.1, 0.15) is 16.9 Å². The minimum Gasteiger partial charge on any atom is -0.515 e. The monoisotopic (exact) mass is 372 g/mol. The van der Waals surface area contributed by atoms with Crippen molar-refractivity contribution in [2.75, 3.05) is 0 Å². The van der Waals surface area contributed by atoms with Gasteiger partial charge >= 0.3 is 5.63 Å². The summed E-state index contributed by atoms with van der Waals surface area (Å²) in [5.41, 5.74) is 0.595. The summed E-state index contributed by atoms with van der Waals surface area (Å²) in [7, 11) is 0. The van der Waals surface area contributed by atoms with Gasteiger partial charge in [-0.2, -0.15) is 0 Å². The van der Waals surface area contributed by atoms with Crippen LogP contribution >= 0.6 is 34.8 Å². The SMILES string of the molecule is O=c1cc(C=Cc2ccc(=CO)c(=CO)c2)cc(C(Cl)(Cl)Cl)o1. The van der Waals surface area contributed by atoms with Crippen LogP contribution in [0.15, 0.2) is 39.5 Å². The second kappa shape index (κ2) is 7.13. The van der Waals surface area contributed by atoms with Crippen molar-refractivity contribution in [3.05, 3.63) is 68.1 Å². The van der Waals surface area contributed by atoms with E-state index in [1.165, 1.54) is 12.1 Å². The van der Waals surface area contributed by atoms with E-state index in [9.17, 15) is 4.79 Å². The molecule has 2 rings (SSSR count). The van der Waals surface area contributed by atoms with Crippen LogP contribution in [0.5, 0.6) is 0 Å². The summed E-state index contributed by atoms with van der Waals surface area (Å²) in [6.07, 6.45) is 5.11. The molecule has 0 aliphatic carbocycles. The summed E-state index contributed by atoms with van der Waals surface area (Å²) >= 11 is 17.1. The maximum Gasteiger partial charge on any atom is 0.336 e. The Morgan fingerprint density at radius 3 is 2.17 bits per heavy atom. The minimum atomic E-state index is -1.83. The first-order valence-electron chi connectivity index (χ1n) is 6.33. The summed E-state index contributed by atoms with van der Waals surface area (Å²) in [6.45, 7) is 0. The Bertz CT molecular complexity index is 908. The molecule has 1 aromatic heterocycles. The molecule has 2 aromatic rings. The molecule has 0 radical (unpaired) electrons. The molecule has 0 atom stereocenters. The van der Waals surface area contributed by atoms with Crippen LogP contribution in [-0.2, 0) is 3.79 Å². The van der Waals surface area contributed by atoms with Crippen molar-refractivity contribution in [1.82, 2.24) is 0 Å². The highest BCUT2D eigenvalue weighted by Crippen LogP contribution is 2.37. The zero-order valence-corrected chi connectivity index (χ0v) is 13.8. The van der Waals surface area contributed by atoms with Crippen LogP contribution in [-0.4, -0.2) is 10.2 Å². The fraction of sp³-hybridized carbons (Fsp3) is 0.0625. The Labute approximate surface area is 146 Å². The number of rotatable bonds is 2. The second-order valence-corrected chi connectivity index (χ2v) is 6.83. The maximum absolute atomic E-state index is 11.5. The average molecular weight is 374 g/mol. The number of hydrogen-bond donors (Lipinski definition) is 2. The molecule has 0 unspecified atom stereocenters. The molecule has 0 saturated heterocycles. The standard InChI is InChI=1S/C16H11Cl3O4/c17-16(18,19)14-6-11(7-15(22)23-14)2-1-10-3-4-12(8-20)13(5-10)9-21/h1-9,20-21H. The van der Waals surface area contributed by atoms with E-state index >= 15 is 0 Å². The van der Waals surface area contributed by atoms with Crippen molar-refractivity contribution in [1.29, 1.82) is 0 Å². The third-order valence-corrected chi connectivity index (χ3v) is 3.49. The van der Waals surface area contributed by atoms with Gasteiger partial charge in [0.1, 0.15) is 0 Å². The van der Waals surface area contributed by atoms with Crippen LogP contribution in [0.4, 0.5) is 0 Å². The van der Waals surface area contributed by atoms with Crippen LogP contribution in [0.25, 0.3) is 24.7 Å². The van der Waals surface area contributed by atoms with Crippen LogP contribution in [0.2, 0.25) is 0 Å². The summed E-state index contributed by atoms with van der Waals surface area (Å²) < 4.78 is 3.01. The Kier molecular flexibility index (Phi) is 5.42. The van der Waals surface area contributed by atoms with Gasteiger partial charge in [-0.3, -0.25) is 0 Å². The molecule has 1 aromatic carbocycles.